The molecule has 5 heteroatoms. The molecular formula is C18H18N4O. The molecule has 116 valence electrons. The van der Waals surface area contributed by atoms with E-state index in [1.807, 2.05) is 44.2 Å². The molecule has 0 atom stereocenters. The molecule has 0 N–H and O–H groups in total. The molecule has 5 nitrogen and oxygen atoms in total. The van der Waals surface area contributed by atoms with Gasteiger partial charge in [-0.3, -0.25) is 4.90 Å². The van der Waals surface area contributed by atoms with Crippen molar-refractivity contribution < 1.29 is 4.79 Å². The van der Waals surface area contributed by atoms with Crippen LogP contribution in [0, 0.1) is 11.8 Å². The fraction of sp³-hybridized carbons (Fsp3) is 0.278. The minimum atomic E-state index is -0.218. The van der Waals surface area contributed by atoms with Gasteiger partial charge in [-0.05, 0) is 31.9 Å². The molecule has 2 aromatic rings. The van der Waals surface area contributed by atoms with Gasteiger partial charge in [0.05, 0.1) is 24.5 Å². The lowest BCUT2D eigenvalue weighted by Crippen LogP contribution is -2.38. The number of rotatable bonds is 1. The highest BCUT2D eigenvalue weighted by Crippen LogP contribution is 2.27. The third-order valence-electron chi connectivity index (χ3n) is 3.99. The second kappa shape index (κ2) is 5.73. The number of hydrogen-bond acceptors (Lipinski definition) is 3. The highest BCUT2D eigenvalue weighted by molar-refractivity contribution is 5.94. The third kappa shape index (κ3) is 3.02. The van der Waals surface area contributed by atoms with Gasteiger partial charge in [-0.25, -0.2) is 14.8 Å². The Labute approximate surface area is 136 Å². The van der Waals surface area contributed by atoms with E-state index in [4.69, 9.17) is 0 Å². The summed E-state index contributed by atoms with van der Waals surface area (Å²) in [5.41, 5.74) is 1.29. The Morgan fingerprint density at radius 3 is 2.39 bits per heavy atom. The van der Waals surface area contributed by atoms with Crippen molar-refractivity contribution in [3.8, 4) is 11.8 Å². The molecule has 0 unspecified atom stereocenters. The average Bonchev–Trinajstić information content (AvgIpc) is 2.78. The number of hydrogen-bond donors (Lipinski definition) is 0. The Morgan fingerprint density at radius 1 is 1.09 bits per heavy atom. The van der Waals surface area contributed by atoms with E-state index >= 15 is 0 Å². The Hall–Kier alpha value is -2.87. The largest absolute Gasteiger partial charge is 0.326 e. The molecule has 0 saturated carbocycles. The van der Waals surface area contributed by atoms with Crippen molar-refractivity contribution >= 4 is 11.8 Å². The zero-order valence-corrected chi connectivity index (χ0v) is 13.4. The Bertz CT molecular complexity index is 772. The first-order valence-electron chi connectivity index (χ1n) is 7.42. The summed E-state index contributed by atoms with van der Waals surface area (Å²) in [6.07, 6.45) is 3.20. The van der Waals surface area contributed by atoms with Crippen LogP contribution >= 0.6 is 0 Å². The number of anilines is 1. The van der Waals surface area contributed by atoms with Crippen LogP contribution in [-0.2, 0) is 0 Å². The number of carbonyl (C=O) groups is 1. The zero-order valence-electron chi connectivity index (χ0n) is 13.4. The minimum absolute atomic E-state index is 0.0626. The van der Waals surface area contributed by atoms with Crippen LogP contribution in [0.15, 0.2) is 42.7 Å². The van der Waals surface area contributed by atoms with Crippen molar-refractivity contribution in [1.29, 1.82) is 0 Å². The quantitative estimate of drug-likeness (QED) is 0.761. The summed E-state index contributed by atoms with van der Waals surface area (Å²) < 4.78 is 0. The van der Waals surface area contributed by atoms with Crippen LogP contribution in [0.2, 0.25) is 0 Å². The standard InChI is InChI=1S/C18H18N4O/c1-18(2)13-22(17(23)21(18)3)16-12-19-15(11-20-16)10-9-14-7-5-4-6-8-14/h4-8,11-12H,13H2,1-3H3. The molecule has 1 aromatic carbocycles. The second-order valence-electron chi connectivity index (χ2n) is 6.12. The monoisotopic (exact) mass is 306 g/mol. The van der Waals surface area contributed by atoms with E-state index in [0.717, 1.165) is 5.56 Å². The van der Waals surface area contributed by atoms with E-state index < -0.39 is 0 Å². The maximum atomic E-state index is 12.3. The van der Waals surface area contributed by atoms with Gasteiger partial charge in [0, 0.05) is 12.6 Å². The molecule has 0 bridgehead atoms. The van der Waals surface area contributed by atoms with Gasteiger partial charge in [0.2, 0.25) is 0 Å². The van der Waals surface area contributed by atoms with Crippen LogP contribution in [0.5, 0.6) is 0 Å². The van der Waals surface area contributed by atoms with Gasteiger partial charge in [-0.2, -0.15) is 0 Å². The maximum absolute atomic E-state index is 12.3. The smallest absolute Gasteiger partial charge is 0.320 e. The Morgan fingerprint density at radius 2 is 1.83 bits per heavy atom. The van der Waals surface area contributed by atoms with Crippen molar-refractivity contribution in [3.63, 3.8) is 0 Å². The summed E-state index contributed by atoms with van der Waals surface area (Å²) in [6.45, 7) is 4.64. The van der Waals surface area contributed by atoms with E-state index in [1.54, 1.807) is 29.2 Å². The lowest BCUT2D eigenvalue weighted by Gasteiger charge is -2.24. The van der Waals surface area contributed by atoms with E-state index in [9.17, 15) is 4.79 Å². The zero-order chi connectivity index (χ0) is 16.4. The van der Waals surface area contributed by atoms with Crippen LogP contribution in [-0.4, -0.2) is 40.0 Å². The van der Waals surface area contributed by atoms with Gasteiger partial charge in [-0.1, -0.05) is 24.1 Å². The van der Waals surface area contributed by atoms with Crippen LogP contribution in [0.4, 0.5) is 10.6 Å². The molecule has 1 saturated heterocycles. The first kappa shape index (κ1) is 15.0. The molecule has 0 aliphatic carbocycles. The molecule has 2 amide bonds. The fourth-order valence-electron chi connectivity index (χ4n) is 2.36. The van der Waals surface area contributed by atoms with Gasteiger partial charge in [0.15, 0.2) is 5.82 Å². The molecule has 1 aliphatic heterocycles. The van der Waals surface area contributed by atoms with Crippen molar-refractivity contribution in [2.75, 3.05) is 18.5 Å². The Balaban J connectivity index is 1.79. The number of nitrogens with zero attached hydrogens (tertiary/aromatic N) is 4. The maximum Gasteiger partial charge on any atom is 0.326 e. The van der Waals surface area contributed by atoms with Crippen LogP contribution in [0.1, 0.15) is 25.1 Å². The average molecular weight is 306 g/mol. The molecule has 1 aliphatic rings. The highest BCUT2D eigenvalue weighted by atomic mass is 16.2. The van der Waals surface area contributed by atoms with Gasteiger partial charge < -0.3 is 4.90 Å². The first-order chi connectivity index (χ1) is 11.0. The van der Waals surface area contributed by atoms with Crippen LogP contribution in [0.25, 0.3) is 0 Å². The molecule has 3 rings (SSSR count). The molecule has 0 spiro atoms. The van der Waals surface area contributed by atoms with Gasteiger partial charge in [0.25, 0.3) is 0 Å². The summed E-state index contributed by atoms with van der Waals surface area (Å²) in [5.74, 6) is 6.57. The summed E-state index contributed by atoms with van der Waals surface area (Å²) >= 11 is 0. The predicted octanol–water partition coefficient (Wildman–Crippen LogP) is 2.53. The van der Waals surface area contributed by atoms with Gasteiger partial charge in [0.1, 0.15) is 5.69 Å². The van der Waals surface area contributed by atoms with E-state index in [0.29, 0.717) is 18.1 Å². The summed E-state index contributed by atoms with van der Waals surface area (Å²) in [4.78, 5) is 24.3. The van der Waals surface area contributed by atoms with Crippen molar-refractivity contribution in [2.45, 2.75) is 19.4 Å². The van der Waals surface area contributed by atoms with Gasteiger partial charge >= 0.3 is 6.03 Å². The number of urea groups is 1. The first-order valence-corrected chi connectivity index (χ1v) is 7.42. The number of likely N-dealkylation sites (N-methyl/N-ethyl adjacent to an activating group) is 1. The predicted molar refractivity (Wildman–Crippen MR) is 89.0 cm³/mol. The van der Waals surface area contributed by atoms with Crippen molar-refractivity contribution in [3.05, 3.63) is 54.0 Å². The Kier molecular flexibility index (Phi) is 3.75. The fourth-order valence-corrected chi connectivity index (χ4v) is 2.36. The van der Waals surface area contributed by atoms with Crippen LogP contribution < -0.4 is 4.90 Å². The lowest BCUT2D eigenvalue weighted by molar-refractivity contribution is 0.198. The molecular weight excluding hydrogens is 288 g/mol. The molecule has 1 fully saturated rings. The molecule has 2 heterocycles. The molecule has 0 radical (unpaired) electrons. The number of carbonyl (C=O) groups excluding carboxylic acids is 1. The SMILES string of the molecule is CN1C(=O)N(c2cnc(C#Cc3ccccc3)cn2)CC1(C)C. The van der Waals surface area contributed by atoms with Crippen molar-refractivity contribution in [2.24, 2.45) is 0 Å². The molecule has 23 heavy (non-hydrogen) atoms. The number of benzene rings is 1. The second-order valence-corrected chi connectivity index (χ2v) is 6.12. The number of amides is 2. The third-order valence-corrected chi connectivity index (χ3v) is 3.99. The van der Waals surface area contributed by atoms with Crippen molar-refractivity contribution in [1.82, 2.24) is 14.9 Å². The topological polar surface area (TPSA) is 49.3 Å². The van der Waals surface area contributed by atoms with E-state index in [2.05, 4.69) is 21.8 Å². The normalized spacial score (nSPS) is 16.2. The minimum Gasteiger partial charge on any atom is -0.320 e. The van der Waals surface area contributed by atoms with Gasteiger partial charge in [-0.15, -0.1) is 0 Å². The van der Waals surface area contributed by atoms with Crippen LogP contribution in [0.3, 0.4) is 0 Å². The lowest BCUT2D eigenvalue weighted by atomic mass is 10.1. The summed E-state index contributed by atoms with van der Waals surface area (Å²) in [6, 6.07) is 9.65. The highest BCUT2D eigenvalue weighted by Gasteiger charge is 2.41. The molecule has 1 aromatic heterocycles. The van der Waals surface area contributed by atoms with E-state index in [1.165, 1.54) is 0 Å². The summed E-state index contributed by atoms with van der Waals surface area (Å²) in [7, 11) is 1.80. The summed E-state index contributed by atoms with van der Waals surface area (Å²) in [5, 5.41) is 0. The number of aromatic nitrogens is 2. The van der Waals surface area contributed by atoms with E-state index in [-0.39, 0.29) is 11.6 Å².